The van der Waals surface area contributed by atoms with E-state index < -0.39 is 11.7 Å². The average molecular weight is 337 g/mol. The van der Waals surface area contributed by atoms with Gasteiger partial charge in [0.15, 0.2) is 0 Å². The average Bonchev–Trinajstić information content (AvgIpc) is 2.87. The Balaban J connectivity index is 1.93. The molecule has 0 saturated heterocycles. The minimum Gasteiger partial charge on any atom is -0.355 e. The van der Waals surface area contributed by atoms with E-state index in [0.29, 0.717) is 11.6 Å². The van der Waals surface area contributed by atoms with Crippen LogP contribution in [0.25, 0.3) is 0 Å². The van der Waals surface area contributed by atoms with Crippen molar-refractivity contribution in [3.63, 3.8) is 0 Å². The van der Waals surface area contributed by atoms with E-state index in [1.165, 1.54) is 6.07 Å². The Morgan fingerprint density at radius 2 is 1.83 bits per heavy atom. The Labute approximate surface area is 140 Å². The van der Waals surface area contributed by atoms with Crippen LogP contribution in [0.4, 0.5) is 18.9 Å². The van der Waals surface area contributed by atoms with Gasteiger partial charge in [-0.05, 0) is 32.5 Å². The summed E-state index contributed by atoms with van der Waals surface area (Å²) in [7, 11) is 2.05. The Morgan fingerprint density at radius 1 is 1.12 bits per heavy atom. The van der Waals surface area contributed by atoms with Gasteiger partial charge in [0.25, 0.3) is 0 Å². The van der Waals surface area contributed by atoms with Gasteiger partial charge >= 0.3 is 6.18 Å². The molecular weight excluding hydrogens is 315 g/mol. The van der Waals surface area contributed by atoms with Gasteiger partial charge in [-0.3, -0.25) is 4.90 Å². The van der Waals surface area contributed by atoms with Crippen molar-refractivity contribution < 1.29 is 13.2 Å². The molecule has 6 heteroatoms. The smallest absolute Gasteiger partial charge is 0.355 e. The molecule has 1 aliphatic rings. The Kier molecular flexibility index (Phi) is 4.34. The van der Waals surface area contributed by atoms with E-state index in [4.69, 9.17) is 0 Å². The molecule has 1 aliphatic heterocycles. The normalized spacial score (nSPS) is 15.9. The maximum Gasteiger partial charge on any atom is 0.416 e. The number of hydrogen-bond acceptors (Lipinski definition) is 2. The summed E-state index contributed by atoms with van der Waals surface area (Å²) >= 11 is 0. The molecule has 0 radical (unpaired) electrons. The number of rotatable bonds is 3. The van der Waals surface area contributed by atoms with Crippen molar-refractivity contribution in [3.8, 4) is 0 Å². The van der Waals surface area contributed by atoms with Crippen molar-refractivity contribution >= 4 is 5.69 Å². The highest BCUT2D eigenvalue weighted by molar-refractivity contribution is 5.55. The monoisotopic (exact) mass is 337 g/mol. The summed E-state index contributed by atoms with van der Waals surface area (Å²) in [5, 5.41) is 0. The van der Waals surface area contributed by atoms with Crippen molar-refractivity contribution in [2.75, 3.05) is 18.6 Å². The van der Waals surface area contributed by atoms with Crippen LogP contribution < -0.4 is 4.90 Å². The van der Waals surface area contributed by atoms with Crippen molar-refractivity contribution in [1.29, 1.82) is 0 Å². The molecule has 0 unspecified atom stereocenters. The molecule has 0 saturated carbocycles. The molecule has 0 spiro atoms. The molecule has 3 rings (SSSR count). The van der Waals surface area contributed by atoms with Gasteiger partial charge in [-0.25, -0.2) is 0 Å². The molecule has 0 fully saturated rings. The predicted octanol–water partition coefficient (Wildman–Crippen LogP) is 4.17. The molecule has 0 atom stereocenters. The number of halogens is 3. The number of nitrogens with zero attached hydrogens (tertiary/aromatic N) is 3. The van der Waals surface area contributed by atoms with E-state index >= 15 is 0 Å². The third-order valence-corrected chi connectivity index (χ3v) is 4.38. The number of benzene rings is 1. The minimum absolute atomic E-state index is 0.221. The van der Waals surface area contributed by atoms with Crippen LogP contribution in [0.1, 0.15) is 30.5 Å². The van der Waals surface area contributed by atoms with Gasteiger partial charge in [0.1, 0.15) is 0 Å². The van der Waals surface area contributed by atoms with Gasteiger partial charge < -0.3 is 9.47 Å². The van der Waals surface area contributed by atoms with Crippen molar-refractivity contribution in [2.24, 2.45) is 0 Å². The number of anilines is 1. The first-order chi connectivity index (χ1) is 11.3. The third kappa shape index (κ3) is 3.29. The van der Waals surface area contributed by atoms with E-state index in [2.05, 4.69) is 30.7 Å². The van der Waals surface area contributed by atoms with E-state index in [1.54, 1.807) is 12.1 Å². The second-order valence-corrected chi connectivity index (χ2v) is 6.72. The molecule has 1 aromatic heterocycles. The lowest BCUT2D eigenvalue weighted by Crippen LogP contribution is -2.43. The molecule has 24 heavy (non-hydrogen) atoms. The van der Waals surface area contributed by atoms with Crippen LogP contribution in [0.15, 0.2) is 36.7 Å². The molecule has 2 heterocycles. The topological polar surface area (TPSA) is 11.4 Å². The molecule has 0 N–H and O–H groups in total. The molecule has 0 amide bonds. The zero-order chi connectivity index (χ0) is 17.5. The quantitative estimate of drug-likeness (QED) is 0.833. The number of fused-ring (bicyclic) bond motifs is 1. The first-order valence-corrected chi connectivity index (χ1v) is 8.04. The van der Waals surface area contributed by atoms with Crippen molar-refractivity contribution in [3.05, 3.63) is 53.3 Å². The van der Waals surface area contributed by atoms with Crippen molar-refractivity contribution in [2.45, 2.75) is 39.2 Å². The lowest BCUT2D eigenvalue weighted by atomic mass is 10.1. The van der Waals surface area contributed by atoms with Gasteiger partial charge in [-0.15, -0.1) is 0 Å². The van der Waals surface area contributed by atoms with E-state index in [1.807, 2.05) is 17.0 Å². The summed E-state index contributed by atoms with van der Waals surface area (Å²) in [6.45, 7) is 6.11. The van der Waals surface area contributed by atoms with Gasteiger partial charge in [-0.2, -0.15) is 13.2 Å². The van der Waals surface area contributed by atoms with Gasteiger partial charge in [0.05, 0.1) is 17.9 Å². The Bertz CT molecular complexity index is 719. The summed E-state index contributed by atoms with van der Waals surface area (Å²) in [6.07, 6.45) is -0.392. The highest BCUT2D eigenvalue weighted by Gasteiger charge is 2.33. The lowest BCUT2D eigenvalue weighted by molar-refractivity contribution is -0.138. The highest BCUT2D eigenvalue weighted by Crippen LogP contribution is 2.34. The van der Waals surface area contributed by atoms with Crippen LogP contribution >= 0.6 is 0 Å². The van der Waals surface area contributed by atoms with Crippen LogP contribution in [0.2, 0.25) is 0 Å². The molecule has 0 aliphatic carbocycles. The van der Waals surface area contributed by atoms with E-state index in [0.717, 1.165) is 30.5 Å². The van der Waals surface area contributed by atoms with E-state index in [-0.39, 0.29) is 6.54 Å². The predicted molar refractivity (Wildman–Crippen MR) is 88.9 cm³/mol. The second kappa shape index (κ2) is 6.16. The number of hydrogen-bond donors (Lipinski definition) is 0. The van der Waals surface area contributed by atoms with Crippen LogP contribution in [-0.2, 0) is 19.3 Å². The van der Waals surface area contributed by atoms with Crippen molar-refractivity contribution in [1.82, 2.24) is 9.47 Å². The fourth-order valence-corrected chi connectivity index (χ4v) is 3.27. The summed E-state index contributed by atoms with van der Waals surface area (Å²) in [5.74, 6) is 0. The first kappa shape index (κ1) is 16.9. The zero-order valence-electron chi connectivity index (χ0n) is 14.1. The highest BCUT2D eigenvalue weighted by atomic mass is 19.4. The molecule has 130 valence electrons. The molecular formula is C18H22F3N3. The number of aromatic nitrogens is 1. The SMILES string of the molecule is CC(C)N1CN(C)Cc2cn(Cc3ccccc3C(F)(F)F)cc21. The van der Waals surface area contributed by atoms with Gasteiger partial charge in [0.2, 0.25) is 0 Å². The molecule has 2 aromatic rings. The van der Waals surface area contributed by atoms with Gasteiger partial charge in [0, 0.05) is 37.1 Å². The summed E-state index contributed by atoms with van der Waals surface area (Å²) < 4.78 is 41.4. The van der Waals surface area contributed by atoms with E-state index in [9.17, 15) is 13.2 Å². The Morgan fingerprint density at radius 3 is 2.50 bits per heavy atom. The minimum atomic E-state index is -4.33. The summed E-state index contributed by atoms with van der Waals surface area (Å²) in [5.41, 5.74) is 2.01. The number of alkyl halides is 3. The van der Waals surface area contributed by atoms with Crippen LogP contribution in [0, 0.1) is 0 Å². The third-order valence-electron chi connectivity index (χ3n) is 4.38. The standard InChI is InChI=1S/C18H22F3N3/c1-13(2)24-12-22(3)8-15-10-23(11-17(15)24)9-14-6-4-5-7-16(14)18(19,20)21/h4-7,10-11,13H,8-9,12H2,1-3H3. The summed E-state index contributed by atoms with van der Waals surface area (Å²) in [6, 6.07) is 6.12. The van der Waals surface area contributed by atoms with Crippen LogP contribution in [0.3, 0.4) is 0 Å². The maximum atomic E-state index is 13.2. The zero-order valence-corrected chi connectivity index (χ0v) is 14.1. The maximum absolute atomic E-state index is 13.2. The largest absolute Gasteiger partial charge is 0.416 e. The fourth-order valence-electron chi connectivity index (χ4n) is 3.27. The molecule has 3 nitrogen and oxygen atoms in total. The summed E-state index contributed by atoms with van der Waals surface area (Å²) in [4.78, 5) is 4.47. The fraction of sp³-hybridized carbons (Fsp3) is 0.444. The Hall–Kier alpha value is -1.95. The first-order valence-electron chi connectivity index (χ1n) is 8.04. The molecule has 1 aromatic carbocycles. The van der Waals surface area contributed by atoms with Crippen LogP contribution in [0.5, 0.6) is 0 Å². The lowest BCUT2D eigenvalue weighted by Gasteiger charge is -2.37. The molecule has 0 bridgehead atoms. The van der Waals surface area contributed by atoms with Gasteiger partial charge in [-0.1, -0.05) is 18.2 Å². The van der Waals surface area contributed by atoms with Crippen LogP contribution in [-0.4, -0.2) is 29.2 Å². The second-order valence-electron chi connectivity index (χ2n) is 6.72.